The molecule has 1 heterocycles. The summed E-state index contributed by atoms with van der Waals surface area (Å²) in [5.41, 5.74) is 1.25. The van der Waals surface area contributed by atoms with Gasteiger partial charge in [0.15, 0.2) is 0 Å². The number of hydrogen-bond donors (Lipinski definition) is 2. The van der Waals surface area contributed by atoms with Gasteiger partial charge in [0.25, 0.3) is 0 Å². The lowest BCUT2D eigenvalue weighted by Crippen LogP contribution is -2.25. The van der Waals surface area contributed by atoms with Crippen LogP contribution in [0.15, 0.2) is 30.5 Å². The van der Waals surface area contributed by atoms with E-state index in [2.05, 4.69) is 5.32 Å². The van der Waals surface area contributed by atoms with Crippen LogP contribution in [0.4, 0.5) is 9.18 Å². The highest BCUT2D eigenvalue weighted by atomic mass is 35.5. The molecule has 0 atom stereocenters. The van der Waals surface area contributed by atoms with Crippen molar-refractivity contribution in [1.82, 2.24) is 9.88 Å². The minimum Gasteiger partial charge on any atom is -0.465 e. The quantitative estimate of drug-likeness (QED) is 0.911. The molecule has 5 nitrogen and oxygen atoms in total. The largest absolute Gasteiger partial charge is 0.465 e. The fraction of sp³-hybridized carbons (Fsp3) is 0.143. The monoisotopic (exact) mass is 307 g/mol. The molecule has 0 saturated heterocycles. The molecule has 0 aliphatic carbocycles. The molecule has 0 radical (unpaired) electrons. The van der Waals surface area contributed by atoms with Crippen LogP contribution in [0.1, 0.15) is 5.56 Å². The highest BCUT2D eigenvalue weighted by molar-refractivity contribution is 6.32. The maximum Gasteiger partial charge on any atom is 0.404 e. The van der Waals surface area contributed by atoms with Crippen molar-refractivity contribution in [1.29, 1.82) is 5.26 Å². The van der Waals surface area contributed by atoms with E-state index in [0.717, 1.165) is 0 Å². The molecular formula is C14H11ClFN3O2. The van der Waals surface area contributed by atoms with Crippen molar-refractivity contribution in [3.05, 3.63) is 47.0 Å². The van der Waals surface area contributed by atoms with Crippen molar-refractivity contribution in [2.75, 3.05) is 6.54 Å². The topological polar surface area (TPSA) is 78.0 Å². The van der Waals surface area contributed by atoms with Gasteiger partial charge in [0, 0.05) is 24.8 Å². The fourth-order valence-corrected chi connectivity index (χ4v) is 2.33. The van der Waals surface area contributed by atoms with Crippen LogP contribution >= 0.6 is 11.6 Å². The Kier molecular flexibility index (Phi) is 4.45. The average Bonchev–Trinajstić information content (AvgIpc) is 2.75. The molecular weight excluding hydrogens is 297 g/mol. The number of carboxylic acid groups (broad SMARTS) is 1. The van der Waals surface area contributed by atoms with E-state index in [1.54, 1.807) is 10.6 Å². The molecule has 0 spiro atoms. The zero-order valence-corrected chi connectivity index (χ0v) is 11.6. The molecule has 7 heteroatoms. The molecule has 108 valence electrons. The minimum atomic E-state index is -1.14. The second kappa shape index (κ2) is 6.29. The molecule has 0 bridgehead atoms. The van der Waals surface area contributed by atoms with Crippen LogP contribution in [0.5, 0.6) is 0 Å². The third-order valence-electron chi connectivity index (χ3n) is 2.88. The van der Waals surface area contributed by atoms with E-state index in [4.69, 9.17) is 16.7 Å². The first-order chi connectivity index (χ1) is 10.0. The van der Waals surface area contributed by atoms with Gasteiger partial charge in [-0.1, -0.05) is 23.7 Å². The van der Waals surface area contributed by atoms with Gasteiger partial charge in [-0.05, 0) is 17.7 Å². The molecule has 2 N–H and O–H groups in total. The van der Waals surface area contributed by atoms with Crippen molar-refractivity contribution in [3.63, 3.8) is 0 Å². The second-order valence-corrected chi connectivity index (χ2v) is 4.61. The van der Waals surface area contributed by atoms with Crippen LogP contribution < -0.4 is 5.32 Å². The predicted octanol–water partition coefficient (Wildman–Crippen LogP) is 3.09. The Labute approximate surface area is 125 Å². The minimum absolute atomic E-state index is 0.150. The predicted molar refractivity (Wildman–Crippen MR) is 75.6 cm³/mol. The summed E-state index contributed by atoms with van der Waals surface area (Å²) in [5.74, 6) is -0.423. The van der Waals surface area contributed by atoms with Gasteiger partial charge in [-0.2, -0.15) is 5.26 Å². The summed E-state index contributed by atoms with van der Waals surface area (Å²) in [7, 11) is 0. The Morgan fingerprint density at radius 2 is 2.29 bits per heavy atom. The zero-order valence-electron chi connectivity index (χ0n) is 10.8. The van der Waals surface area contributed by atoms with Crippen molar-refractivity contribution in [2.24, 2.45) is 0 Å². The lowest BCUT2D eigenvalue weighted by Gasteiger charge is -2.06. The van der Waals surface area contributed by atoms with E-state index in [1.165, 1.54) is 24.4 Å². The maximum absolute atomic E-state index is 13.3. The fourth-order valence-electron chi connectivity index (χ4n) is 1.98. The number of aromatic nitrogens is 1. The highest BCUT2D eigenvalue weighted by Gasteiger charge is 2.16. The average molecular weight is 308 g/mol. The standard InChI is InChI=1S/C14H11ClFN3O2/c15-13-12(9-2-1-3-11(16)6-9)10(7-17)8-19(13)5-4-18-14(20)21/h1-3,6,8,18H,4-5H2,(H,20,21). The first kappa shape index (κ1) is 14.9. The van der Waals surface area contributed by atoms with E-state index >= 15 is 0 Å². The summed E-state index contributed by atoms with van der Waals surface area (Å²) >= 11 is 6.22. The molecule has 0 fully saturated rings. The van der Waals surface area contributed by atoms with Gasteiger partial charge >= 0.3 is 6.09 Å². The third-order valence-corrected chi connectivity index (χ3v) is 3.28. The van der Waals surface area contributed by atoms with Crippen LogP contribution in [0.2, 0.25) is 5.15 Å². The summed E-state index contributed by atoms with van der Waals surface area (Å²) in [4.78, 5) is 10.4. The number of nitrogens with one attached hydrogen (secondary N) is 1. The van der Waals surface area contributed by atoms with Crippen molar-refractivity contribution < 1.29 is 14.3 Å². The molecule has 2 aromatic rings. The first-order valence-corrected chi connectivity index (χ1v) is 6.42. The zero-order chi connectivity index (χ0) is 15.4. The molecule has 1 aromatic heterocycles. The number of nitrogens with zero attached hydrogens (tertiary/aromatic N) is 2. The Bertz CT molecular complexity index is 721. The molecule has 0 unspecified atom stereocenters. The lowest BCUT2D eigenvalue weighted by molar-refractivity contribution is 0.194. The third kappa shape index (κ3) is 3.33. The van der Waals surface area contributed by atoms with E-state index in [9.17, 15) is 14.4 Å². The number of hydrogen-bond acceptors (Lipinski definition) is 2. The lowest BCUT2D eigenvalue weighted by atomic mass is 10.1. The Morgan fingerprint density at radius 1 is 1.52 bits per heavy atom. The van der Waals surface area contributed by atoms with Crippen LogP contribution in [0.25, 0.3) is 11.1 Å². The van der Waals surface area contributed by atoms with Gasteiger partial charge in [0.1, 0.15) is 17.0 Å². The molecule has 0 aliphatic heterocycles. The van der Waals surface area contributed by atoms with Gasteiger partial charge in [-0.15, -0.1) is 0 Å². The Morgan fingerprint density at radius 3 is 2.90 bits per heavy atom. The van der Waals surface area contributed by atoms with Gasteiger partial charge in [0.2, 0.25) is 0 Å². The molecule has 1 amide bonds. The van der Waals surface area contributed by atoms with Gasteiger partial charge in [-0.3, -0.25) is 0 Å². The molecule has 1 aromatic carbocycles. The van der Waals surface area contributed by atoms with E-state index < -0.39 is 11.9 Å². The Balaban J connectivity index is 2.36. The normalized spacial score (nSPS) is 10.1. The van der Waals surface area contributed by atoms with E-state index in [0.29, 0.717) is 16.7 Å². The van der Waals surface area contributed by atoms with Crippen molar-refractivity contribution in [3.8, 4) is 17.2 Å². The molecule has 0 saturated carbocycles. The molecule has 21 heavy (non-hydrogen) atoms. The number of halogens is 2. The molecule has 2 rings (SSSR count). The smallest absolute Gasteiger partial charge is 0.404 e. The van der Waals surface area contributed by atoms with Gasteiger partial charge in [-0.25, -0.2) is 9.18 Å². The van der Waals surface area contributed by atoms with Crippen LogP contribution in [-0.2, 0) is 6.54 Å². The van der Waals surface area contributed by atoms with Crippen LogP contribution in [-0.4, -0.2) is 22.3 Å². The second-order valence-electron chi connectivity index (χ2n) is 4.26. The SMILES string of the molecule is N#Cc1cn(CCNC(=O)O)c(Cl)c1-c1cccc(F)c1. The summed E-state index contributed by atoms with van der Waals surface area (Å²) in [6, 6.07) is 7.80. The summed E-state index contributed by atoms with van der Waals surface area (Å²) in [6.07, 6.45) is 0.385. The summed E-state index contributed by atoms with van der Waals surface area (Å²) in [5, 5.41) is 20.2. The van der Waals surface area contributed by atoms with E-state index in [-0.39, 0.29) is 18.2 Å². The van der Waals surface area contributed by atoms with Crippen molar-refractivity contribution in [2.45, 2.75) is 6.54 Å². The van der Waals surface area contributed by atoms with Crippen molar-refractivity contribution >= 4 is 17.7 Å². The van der Waals surface area contributed by atoms with Crippen LogP contribution in [0, 0.1) is 17.1 Å². The molecule has 0 aliphatic rings. The van der Waals surface area contributed by atoms with Crippen LogP contribution in [0.3, 0.4) is 0 Å². The summed E-state index contributed by atoms with van der Waals surface area (Å²) < 4.78 is 14.9. The number of rotatable bonds is 4. The number of amides is 1. The van der Waals surface area contributed by atoms with Gasteiger partial charge in [0.05, 0.1) is 5.56 Å². The number of carbonyl (C=O) groups is 1. The van der Waals surface area contributed by atoms with E-state index in [1.807, 2.05) is 6.07 Å². The maximum atomic E-state index is 13.3. The number of benzene rings is 1. The van der Waals surface area contributed by atoms with Gasteiger partial charge < -0.3 is 15.0 Å². The number of nitriles is 1. The summed E-state index contributed by atoms with van der Waals surface area (Å²) in [6.45, 7) is 0.423. The Hall–Kier alpha value is -2.52. The first-order valence-electron chi connectivity index (χ1n) is 6.04. The highest BCUT2D eigenvalue weighted by Crippen LogP contribution is 2.33.